The van der Waals surface area contributed by atoms with Crippen LogP contribution >= 0.6 is 0 Å². The number of pyridine rings is 1. The summed E-state index contributed by atoms with van der Waals surface area (Å²) < 4.78 is 105. The number of rotatable bonds is 10. The predicted octanol–water partition coefficient (Wildman–Crippen LogP) is 4.38. The first-order valence-electron chi connectivity index (χ1n) is 19.4. The number of amides is 4. The van der Waals surface area contributed by atoms with Gasteiger partial charge in [-0.3, -0.25) is 19.1 Å². The predicted molar refractivity (Wildman–Crippen MR) is 203 cm³/mol. The van der Waals surface area contributed by atoms with Gasteiger partial charge in [0.1, 0.15) is 40.9 Å². The number of methoxy groups -OCH3 is 1. The molecule has 2 aromatic rings. The third-order valence-electron chi connectivity index (χ3n) is 11.5. The van der Waals surface area contributed by atoms with Crippen LogP contribution < -0.4 is 24.8 Å². The van der Waals surface area contributed by atoms with Gasteiger partial charge < -0.3 is 34.5 Å². The van der Waals surface area contributed by atoms with Gasteiger partial charge in [0.25, 0.3) is 5.91 Å². The summed E-state index contributed by atoms with van der Waals surface area (Å²) in [5.74, 6) is -2.98. The maximum Gasteiger partial charge on any atom is 0.427 e. The number of alkyl carbamates (subject to hydrolysis) is 1. The average Bonchev–Trinajstić information content (AvgIpc) is 4.08. The van der Waals surface area contributed by atoms with Gasteiger partial charge in [-0.15, -0.1) is 0 Å². The molecule has 0 spiro atoms. The van der Waals surface area contributed by atoms with E-state index in [-0.39, 0.29) is 44.5 Å². The van der Waals surface area contributed by atoms with E-state index in [0.717, 1.165) is 4.90 Å². The lowest BCUT2D eigenvalue weighted by Gasteiger charge is -2.35. The Hall–Kier alpha value is -4.72. The summed E-state index contributed by atoms with van der Waals surface area (Å²) in [7, 11) is -3.01. The lowest BCUT2D eigenvalue weighted by molar-refractivity contribution is -0.244. The van der Waals surface area contributed by atoms with Gasteiger partial charge in [0, 0.05) is 23.1 Å². The summed E-state index contributed by atoms with van der Waals surface area (Å²) in [6.45, 7) is 3.16. The molecule has 2 saturated carbocycles. The molecular weight excluding hydrogens is 807 g/mol. The minimum absolute atomic E-state index is 0.0170. The molecule has 3 heterocycles. The molecule has 1 saturated heterocycles. The topological polar surface area (TPSA) is 192 Å². The Balaban J connectivity index is 1.37. The number of hydrogen-bond acceptors (Lipinski definition) is 11. The molecule has 324 valence electrons. The Bertz CT molecular complexity index is 2100. The molecule has 4 amide bonds. The molecule has 7 atom stereocenters. The van der Waals surface area contributed by atoms with Crippen molar-refractivity contribution in [3.63, 3.8) is 0 Å². The van der Waals surface area contributed by atoms with Crippen molar-refractivity contribution in [1.82, 2.24) is 25.2 Å². The minimum atomic E-state index is -4.96. The molecule has 1 aromatic heterocycles. The Morgan fingerprint density at radius 3 is 2.46 bits per heavy atom. The van der Waals surface area contributed by atoms with Gasteiger partial charge in [0.15, 0.2) is 0 Å². The number of ether oxygens (including phenoxy) is 4. The average molecular weight is 856 g/mol. The van der Waals surface area contributed by atoms with E-state index in [1.807, 2.05) is 4.72 Å². The smallest absolute Gasteiger partial charge is 0.427 e. The SMILES string of the molecule is CC[C@@H]1O[C@H](C)CC/C=C\[C@@H]2C[C@@]2(C(=O)NS(=O)(=O)C2(CF)CC2)NC(=O)[C@@H]2C[C@@H](Oc3ncc(OC)c4ccccc34)CN2C(=O)[C@H]1NC(=O)OC(C)(C)C(F)(F)F. The molecule has 20 heteroatoms. The standard InChI is InChI=1S/C39H49F4N5O10S/c1-6-28-30(45-35(52)58-36(3,4)39(41,42)43)33(50)48-20-24(57-32-26-14-10-9-13-25(26)29(55-5)19-44-32)17-27(48)31(49)46-38(18-23(38)12-8-7-11-22(2)56-28)34(51)47-59(53,54)37(21-40)15-16-37/h8-10,12-14,19,22-24,27-28,30H,6-7,11,15-18,20-21H2,1-5H3,(H,45,52)(H,46,49)(H,47,51)/b12-8-/t22-,23-,24-,27+,28+,30+,38-/m1/s1. The van der Waals surface area contributed by atoms with Crippen LogP contribution in [0.1, 0.15) is 72.6 Å². The van der Waals surface area contributed by atoms with Crippen molar-refractivity contribution in [3.05, 3.63) is 42.6 Å². The number of nitrogens with one attached hydrogen (secondary N) is 3. The third-order valence-corrected chi connectivity index (χ3v) is 13.7. The van der Waals surface area contributed by atoms with Crippen LogP contribution in [-0.2, 0) is 33.9 Å². The van der Waals surface area contributed by atoms with Crippen LogP contribution in [0.5, 0.6) is 11.6 Å². The van der Waals surface area contributed by atoms with Crippen molar-refractivity contribution in [1.29, 1.82) is 0 Å². The molecule has 1 aromatic carbocycles. The fraction of sp³-hybridized carbons (Fsp3) is 0.615. The van der Waals surface area contributed by atoms with Gasteiger partial charge in [-0.1, -0.05) is 37.3 Å². The van der Waals surface area contributed by atoms with Gasteiger partial charge in [-0.25, -0.2) is 22.6 Å². The molecule has 3 fully saturated rings. The fourth-order valence-electron chi connectivity index (χ4n) is 7.46. The Kier molecular flexibility index (Phi) is 12.2. The van der Waals surface area contributed by atoms with E-state index in [4.69, 9.17) is 18.9 Å². The van der Waals surface area contributed by atoms with Gasteiger partial charge >= 0.3 is 12.3 Å². The van der Waals surface area contributed by atoms with E-state index in [1.165, 1.54) is 13.3 Å². The molecule has 0 unspecified atom stereocenters. The molecular formula is C39H49F4N5O10S. The highest BCUT2D eigenvalue weighted by Crippen LogP contribution is 2.48. The Labute approximate surface area is 339 Å². The van der Waals surface area contributed by atoms with Crippen LogP contribution in [0.3, 0.4) is 0 Å². The fourth-order valence-corrected chi connectivity index (χ4v) is 8.88. The summed E-state index contributed by atoms with van der Waals surface area (Å²) in [5.41, 5.74) is -4.74. The maximum absolute atomic E-state index is 14.8. The number of nitrogens with zero attached hydrogens (tertiary/aromatic N) is 2. The maximum atomic E-state index is 14.8. The quantitative estimate of drug-likeness (QED) is 0.227. The number of aromatic nitrogens is 1. The monoisotopic (exact) mass is 855 g/mol. The van der Waals surface area contributed by atoms with E-state index >= 15 is 0 Å². The van der Waals surface area contributed by atoms with Crippen molar-refractivity contribution in [2.24, 2.45) is 5.92 Å². The normalized spacial score (nSPS) is 29.1. The first-order chi connectivity index (χ1) is 27.7. The number of alkyl halides is 4. The van der Waals surface area contributed by atoms with Crippen molar-refractivity contribution in [2.45, 2.75) is 125 Å². The lowest BCUT2D eigenvalue weighted by Crippen LogP contribution is -2.61. The van der Waals surface area contributed by atoms with Crippen LogP contribution in [-0.4, -0.2) is 115 Å². The van der Waals surface area contributed by atoms with E-state index in [2.05, 4.69) is 15.6 Å². The van der Waals surface area contributed by atoms with Crippen LogP contribution in [0.15, 0.2) is 42.6 Å². The van der Waals surface area contributed by atoms with Crippen molar-refractivity contribution < 1.29 is 64.1 Å². The van der Waals surface area contributed by atoms with E-state index in [1.54, 1.807) is 50.3 Å². The van der Waals surface area contributed by atoms with Crippen molar-refractivity contribution >= 4 is 44.6 Å². The third kappa shape index (κ3) is 8.79. The number of benzene rings is 1. The molecule has 0 bridgehead atoms. The number of halogens is 4. The number of allylic oxidation sites excluding steroid dienone is 1. The van der Waals surface area contributed by atoms with Gasteiger partial charge in [-0.05, 0) is 65.4 Å². The molecule has 15 nitrogen and oxygen atoms in total. The molecule has 59 heavy (non-hydrogen) atoms. The number of carbonyl (C=O) groups excluding carboxylic acids is 4. The first kappa shape index (κ1) is 43.8. The molecule has 2 aliphatic heterocycles. The van der Waals surface area contributed by atoms with E-state index < -0.39 is 98.9 Å². The Morgan fingerprint density at radius 1 is 1.14 bits per heavy atom. The van der Waals surface area contributed by atoms with Crippen molar-refractivity contribution in [2.75, 3.05) is 20.3 Å². The molecule has 6 rings (SSSR count). The zero-order chi connectivity index (χ0) is 43.1. The largest absolute Gasteiger partial charge is 0.494 e. The second-order valence-electron chi connectivity index (χ2n) is 16.1. The van der Waals surface area contributed by atoms with Crippen LogP contribution in [0.2, 0.25) is 0 Å². The van der Waals surface area contributed by atoms with Crippen LogP contribution in [0.25, 0.3) is 10.8 Å². The summed E-state index contributed by atoms with van der Waals surface area (Å²) in [4.78, 5) is 61.9. The highest BCUT2D eigenvalue weighted by Gasteiger charge is 2.64. The second kappa shape index (κ2) is 16.4. The molecule has 0 radical (unpaired) electrons. The van der Waals surface area contributed by atoms with Gasteiger partial charge in [-0.2, -0.15) is 13.2 Å². The number of carbonyl (C=O) groups is 4. The van der Waals surface area contributed by atoms with E-state index in [9.17, 15) is 45.2 Å². The van der Waals surface area contributed by atoms with Crippen LogP contribution in [0.4, 0.5) is 22.4 Å². The molecule has 2 aliphatic carbocycles. The summed E-state index contributed by atoms with van der Waals surface area (Å²) in [5, 5.41) is 6.17. The lowest BCUT2D eigenvalue weighted by atomic mass is 10.0. The van der Waals surface area contributed by atoms with Gasteiger partial charge in [0.05, 0.1) is 32.1 Å². The zero-order valence-electron chi connectivity index (χ0n) is 33.3. The zero-order valence-corrected chi connectivity index (χ0v) is 34.1. The van der Waals surface area contributed by atoms with Crippen LogP contribution in [0, 0.1) is 5.92 Å². The summed E-state index contributed by atoms with van der Waals surface area (Å²) >= 11 is 0. The minimum Gasteiger partial charge on any atom is -0.494 e. The summed E-state index contributed by atoms with van der Waals surface area (Å²) in [6.07, 6.45) is -3.69. The highest BCUT2D eigenvalue weighted by atomic mass is 32.2. The highest BCUT2D eigenvalue weighted by molar-refractivity contribution is 7.91. The van der Waals surface area contributed by atoms with Gasteiger partial charge in [0.2, 0.25) is 33.3 Å². The summed E-state index contributed by atoms with van der Waals surface area (Å²) in [6, 6.07) is 3.93. The number of fused-ring (bicyclic) bond motifs is 3. The number of sulfonamides is 1. The molecule has 3 N–H and O–H groups in total. The number of hydrogen-bond donors (Lipinski definition) is 3. The first-order valence-corrected chi connectivity index (χ1v) is 20.9. The second-order valence-corrected chi connectivity index (χ2v) is 18.2. The van der Waals surface area contributed by atoms with Crippen molar-refractivity contribution in [3.8, 4) is 11.6 Å². The Morgan fingerprint density at radius 2 is 1.83 bits per heavy atom. The molecule has 4 aliphatic rings. The van der Waals surface area contributed by atoms with E-state index in [0.29, 0.717) is 43.2 Å².